The van der Waals surface area contributed by atoms with Crippen LogP contribution in [-0.2, 0) is 0 Å². The maximum atomic E-state index is 13.7. The smallest absolute Gasteiger partial charge is 0.295 e. The van der Waals surface area contributed by atoms with Crippen LogP contribution < -0.4 is 5.32 Å². The number of hydrogen-bond acceptors (Lipinski definition) is 4. The van der Waals surface area contributed by atoms with Crippen LogP contribution >= 0.6 is 11.6 Å². The third-order valence-corrected chi connectivity index (χ3v) is 2.90. The molecule has 0 fully saturated rings. The number of nitrogens with zero attached hydrogens (tertiary/aromatic N) is 2. The molecule has 0 saturated heterocycles. The Morgan fingerprint density at radius 3 is 2.78 bits per heavy atom. The molecule has 0 aliphatic carbocycles. The van der Waals surface area contributed by atoms with Crippen molar-refractivity contribution in [3.8, 4) is 0 Å². The van der Waals surface area contributed by atoms with Crippen LogP contribution in [0, 0.1) is 15.9 Å². The van der Waals surface area contributed by atoms with Crippen molar-refractivity contribution in [1.82, 2.24) is 4.90 Å². The maximum Gasteiger partial charge on any atom is 0.295 e. The molecular weight excluding hydrogens is 261 g/mol. The van der Waals surface area contributed by atoms with Gasteiger partial charge in [-0.3, -0.25) is 10.1 Å². The first-order valence-corrected chi connectivity index (χ1v) is 5.90. The number of hydrogen-bond donors (Lipinski definition) is 1. The molecule has 1 aromatic rings. The molecule has 0 atom stereocenters. The molecule has 1 aromatic carbocycles. The van der Waals surface area contributed by atoms with E-state index in [2.05, 4.69) is 5.32 Å². The molecule has 0 aromatic heterocycles. The summed E-state index contributed by atoms with van der Waals surface area (Å²) < 4.78 is 13.7. The third-order valence-electron chi connectivity index (χ3n) is 2.60. The van der Waals surface area contributed by atoms with Gasteiger partial charge in [-0.15, -0.1) is 0 Å². The topological polar surface area (TPSA) is 58.4 Å². The summed E-state index contributed by atoms with van der Waals surface area (Å²) in [6.45, 7) is 3.90. The molecule has 0 radical (unpaired) electrons. The first-order valence-electron chi connectivity index (χ1n) is 5.52. The van der Waals surface area contributed by atoms with Gasteiger partial charge in [0.15, 0.2) is 11.5 Å². The predicted octanol–water partition coefficient (Wildman–Crippen LogP) is 2.75. The van der Waals surface area contributed by atoms with Gasteiger partial charge in [0.1, 0.15) is 0 Å². The van der Waals surface area contributed by atoms with Gasteiger partial charge >= 0.3 is 0 Å². The molecule has 0 spiro atoms. The minimum absolute atomic E-state index is 0.132. The fourth-order valence-electron chi connectivity index (χ4n) is 1.39. The molecule has 0 unspecified atom stereocenters. The molecule has 1 N–H and O–H groups in total. The van der Waals surface area contributed by atoms with E-state index in [-0.39, 0.29) is 16.4 Å². The third kappa shape index (κ3) is 3.54. The van der Waals surface area contributed by atoms with Gasteiger partial charge in [-0.2, -0.15) is 0 Å². The summed E-state index contributed by atoms with van der Waals surface area (Å²) in [4.78, 5) is 12.2. The van der Waals surface area contributed by atoms with Crippen LogP contribution in [0.2, 0.25) is 5.02 Å². The maximum absolute atomic E-state index is 13.7. The van der Waals surface area contributed by atoms with Gasteiger partial charge in [0.05, 0.1) is 9.95 Å². The number of likely N-dealkylation sites (N-methyl/N-ethyl adjacent to an activating group) is 1. The molecule has 0 aliphatic heterocycles. The summed E-state index contributed by atoms with van der Waals surface area (Å²) in [5, 5.41) is 13.4. The lowest BCUT2D eigenvalue weighted by Gasteiger charge is -2.15. The van der Waals surface area contributed by atoms with Crippen LogP contribution in [-0.4, -0.2) is 36.5 Å². The highest BCUT2D eigenvalue weighted by Crippen LogP contribution is 2.31. The Balaban J connectivity index is 2.85. The second-order valence-electron chi connectivity index (χ2n) is 3.84. The molecule has 7 heteroatoms. The molecule has 0 bridgehead atoms. The Kier molecular flexibility index (Phi) is 5.30. The minimum Gasteiger partial charge on any atom is -0.376 e. The van der Waals surface area contributed by atoms with E-state index in [0.717, 1.165) is 6.54 Å². The lowest BCUT2D eigenvalue weighted by atomic mass is 10.2. The van der Waals surface area contributed by atoms with Crippen LogP contribution in [0.5, 0.6) is 0 Å². The Hall–Kier alpha value is -1.40. The zero-order valence-corrected chi connectivity index (χ0v) is 11.0. The van der Waals surface area contributed by atoms with E-state index in [9.17, 15) is 14.5 Å². The van der Waals surface area contributed by atoms with Crippen molar-refractivity contribution < 1.29 is 9.31 Å². The molecule has 100 valence electrons. The van der Waals surface area contributed by atoms with Crippen molar-refractivity contribution >= 4 is 23.0 Å². The van der Waals surface area contributed by atoms with Gasteiger partial charge in [0, 0.05) is 19.2 Å². The first-order chi connectivity index (χ1) is 8.47. The summed E-state index contributed by atoms with van der Waals surface area (Å²) in [6.07, 6.45) is 0. The molecule has 0 saturated carbocycles. The highest BCUT2D eigenvalue weighted by molar-refractivity contribution is 6.31. The van der Waals surface area contributed by atoms with Gasteiger partial charge in [-0.25, -0.2) is 4.39 Å². The lowest BCUT2D eigenvalue weighted by molar-refractivity contribution is -0.384. The van der Waals surface area contributed by atoms with Gasteiger partial charge < -0.3 is 10.2 Å². The van der Waals surface area contributed by atoms with Gasteiger partial charge in [0.2, 0.25) is 0 Å². The zero-order chi connectivity index (χ0) is 13.7. The molecular formula is C11H15ClFN3O2. The van der Waals surface area contributed by atoms with Crippen LogP contribution in [0.25, 0.3) is 0 Å². The number of rotatable bonds is 6. The molecule has 0 heterocycles. The van der Waals surface area contributed by atoms with Gasteiger partial charge in [0.25, 0.3) is 5.69 Å². The fourth-order valence-corrected chi connectivity index (χ4v) is 1.55. The highest BCUT2D eigenvalue weighted by Gasteiger charge is 2.20. The molecule has 18 heavy (non-hydrogen) atoms. The summed E-state index contributed by atoms with van der Waals surface area (Å²) in [6, 6.07) is 2.37. The molecule has 5 nitrogen and oxygen atoms in total. The van der Waals surface area contributed by atoms with E-state index in [0.29, 0.717) is 13.1 Å². The number of anilines is 1. The number of nitro benzene ring substituents is 1. The SMILES string of the molecule is CCN(C)CCNc1c([N+](=O)[O-])ccc(Cl)c1F. The summed E-state index contributed by atoms with van der Waals surface area (Å²) in [5.74, 6) is -0.787. The van der Waals surface area contributed by atoms with Crippen LogP contribution in [0.1, 0.15) is 6.92 Å². The van der Waals surface area contributed by atoms with E-state index in [1.807, 2.05) is 18.9 Å². The van der Waals surface area contributed by atoms with Gasteiger partial charge in [-0.05, 0) is 19.7 Å². The summed E-state index contributed by atoms with van der Waals surface area (Å²) in [7, 11) is 1.91. The van der Waals surface area contributed by atoms with Crippen molar-refractivity contribution in [3.05, 3.63) is 33.1 Å². The van der Waals surface area contributed by atoms with Crippen molar-refractivity contribution in [1.29, 1.82) is 0 Å². The Labute approximate surface area is 110 Å². The quantitative estimate of drug-likeness (QED) is 0.641. The number of benzene rings is 1. The standard InChI is InChI=1S/C11H15ClFN3O2/c1-3-15(2)7-6-14-11-9(16(17)18)5-4-8(12)10(11)13/h4-5,14H,3,6-7H2,1-2H3. The highest BCUT2D eigenvalue weighted by atomic mass is 35.5. The van der Waals surface area contributed by atoms with E-state index in [4.69, 9.17) is 11.6 Å². The molecule has 0 aliphatic rings. The Morgan fingerprint density at radius 1 is 1.56 bits per heavy atom. The van der Waals surface area contributed by atoms with E-state index in [1.54, 1.807) is 0 Å². The van der Waals surface area contributed by atoms with E-state index < -0.39 is 10.7 Å². The monoisotopic (exact) mass is 275 g/mol. The normalized spacial score (nSPS) is 10.7. The van der Waals surface area contributed by atoms with E-state index in [1.165, 1.54) is 12.1 Å². The van der Waals surface area contributed by atoms with Crippen LogP contribution in [0.4, 0.5) is 15.8 Å². The van der Waals surface area contributed by atoms with Gasteiger partial charge in [-0.1, -0.05) is 18.5 Å². The lowest BCUT2D eigenvalue weighted by Crippen LogP contribution is -2.25. The summed E-state index contributed by atoms with van der Waals surface area (Å²) >= 11 is 5.61. The number of halogens is 2. The second kappa shape index (κ2) is 6.51. The Morgan fingerprint density at radius 2 is 2.22 bits per heavy atom. The van der Waals surface area contributed by atoms with Crippen LogP contribution in [0.15, 0.2) is 12.1 Å². The molecule has 0 amide bonds. The first kappa shape index (κ1) is 14.7. The number of nitro groups is 1. The average Bonchev–Trinajstić information content (AvgIpc) is 2.33. The van der Waals surface area contributed by atoms with Crippen LogP contribution in [0.3, 0.4) is 0 Å². The van der Waals surface area contributed by atoms with Crippen molar-refractivity contribution in [3.63, 3.8) is 0 Å². The van der Waals surface area contributed by atoms with Crippen molar-refractivity contribution in [2.75, 3.05) is 32.0 Å². The van der Waals surface area contributed by atoms with E-state index >= 15 is 0 Å². The molecule has 1 rings (SSSR count). The van der Waals surface area contributed by atoms with Crippen molar-refractivity contribution in [2.24, 2.45) is 0 Å². The minimum atomic E-state index is -0.787. The average molecular weight is 276 g/mol. The largest absolute Gasteiger partial charge is 0.376 e. The van der Waals surface area contributed by atoms with Crippen molar-refractivity contribution in [2.45, 2.75) is 6.92 Å². The second-order valence-corrected chi connectivity index (χ2v) is 4.24. The zero-order valence-electron chi connectivity index (χ0n) is 10.2. The predicted molar refractivity (Wildman–Crippen MR) is 69.7 cm³/mol. The Bertz CT molecular complexity index is 443. The fraction of sp³-hybridized carbons (Fsp3) is 0.455. The summed E-state index contributed by atoms with van der Waals surface area (Å²) in [5.41, 5.74) is -0.465. The number of nitrogens with one attached hydrogen (secondary N) is 1.